The minimum atomic E-state index is -0.433. The summed E-state index contributed by atoms with van der Waals surface area (Å²) in [7, 11) is 1.56. The Morgan fingerprint density at radius 3 is 2.77 bits per heavy atom. The van der Waals surface area contributed by atoms with Crippen LogP contribution < -0.4 is 9.47 Å². The fourth-order valence-electron chi connectivity index (χ4n) is 3.18. The molecule has 1 aromatic heterocycles. The van der Waals surface area contributed by atoms with E-state index in [1.807, 2.05) is 0 Å². The highest BCUT2D eigenvalue weighted by atomic mass is 16.6. The number of hydrogen-bond donors (Lipinski definition) is 0. The van der Waals surface area contributed by atoms with Gasteiger partial charge in [-0.2, -0.15) is 0 Å². The highest BCUT2D eigenvalue weighted by Gasteiger charge is 2.18. The van der Waals surface area contributed by atoms with E-state index < -0.39 is 4.92 Å². The summed E-state index contributed by atoms with van der Waals surface area (Å²) < 4.78 is 11.3. The number of nitrogens with zero attached hydrogens (tertiary/aromatic N) is 3. The molecular formula is C19H23N3O4. The average molecular weight is 357 g/mol. The van der Waals surface area contributed by atoms with Crippen molar-refractivity contribution in [3.8, 4) is 22.8 Å². The number of aromatic nitrogens is 1. The Hall–Kier alpha value is -2.67. The molecule has 0 amide bonds. The molecule has 0 bridgehead atoms. The molecule has 2 heterocycles. The van der Waals surface area contributed by atoms with Crippen LogP contribution in [0.25, 0.3) is 11.3 Å². The van der Waals surface area contributed by atoms with Crippen molar-refractivity contribution in [2.24, 2.45) is 0 Å². The third kappa shape index (κ3) is 4.29. The summed E-state index contributed by atoms with van der Waals surface area (Å²) in [5.74, 6) is 1.18. The van der Waals surface area contributed by atoms with Crippen LogP contribution in [0, 0.1) is 10.1 Å². The van der Waals surface area contributed by atoms with E-state index >= 15 is 0 Å². The number of ether oxygens (including phenoxy) is 2. The zero-order valence-electron chi connectivity index (χ0n) is 14.9. The van der Waals surface area contributed by atoms with E-state index in [4.69, 9.17) is 9.47 Å². The summed E-state index contributed by atoms with van der Waals surface area (Å²) >= 11 is 0. The Kier molecular flexibility index (Phi) is 6.01. The summed E-state index contributed by atoms with van der Waals surface area (Å²) in [5, 5.41) is 11.2. The Labute approximate surface area is 152 Å². The average Bonchev–Trinajstić information content (AvgIpc) is 3.18. The van der Waals surface area contributed by atoms with Crippen molar-refractivity contribution >= 4 is 5.69 Å². The van der Waals surface area contributed by atoms with Crippen LogP contribution in [0.15, 0.2) is 36.5 Å². The molecule has 0 N–H and O–H groups in total. The molecule has 0 spiro atoms. The van der Waals surface area contributed by atoms with E-state index in [1.165, 1.54) is 38.2 Å². The minimum absolute atomic E-state index is 0.0335. The molecule has 1 saturated heterocycles. The van der Waals surface area contributed by atoms with Crippen molar-refractivity contribution in [1.29, 1.82) is 0 Å². The Balaban J connectivity index is 1.68. The molecule has 0 radical (unpaired) electrons. The van der Waals surface area contributed by atoms with E-state index in [0.29, 0.717) is 29.4 Å². The number of rotatable bonds is 8. The molecule has 2 aromatic rings. The van der Waals surface area contributed by atoms with Crippen LogP contribution in [0.5, 0.6) is 11.5 Å². The maximum absolute atomic E-state index is 11.2. The summed E-state index contributed by atoms with van der Waals surface area (Å²) in [5.41, 5.74) is 0.906. The number of nitro groups is 1. The summed E-state index contributed by atoms with van der Waals surface area (Å²) in [6.07, 6.45) is 5.07. The first kappa shape index (κ1) is 18.1. The van der Waals surface area contributed by atoms with Crippen molar-refractivity contribution in [1.82, 2.24) is 9.88 Å². The second-order valence-corrected chi connectivity index (χ2v) is 6.24. The molecule has 0 aliphatic carbocycles. The van der Waals surface area contributed by atoms with Gasteiger partial charge in [-0.05, 0) is 56.6 Å². The first-order valence-corrected chi connectivity index (χ1v) is 8.82. The number of likely N-dealkylation sites (tertiary alicyclic amines) is 1. The molecule has 0 saturated carbocycles. The van der Waals surface area contributed by atoms with Crippen molar-refractivity contribution in [3.63, 3.8) is 0 Å². The Bertz CT molecular complexity index is 760. The van der Waals surface area contributed by atoms with Crippen LogP contribution in [-0.2, 0) is 0 Å². The molecule has 3 rings (SSSR count). The van der Waals surface area contributed by atoms with Gasteiger partial charge in [-0.25, -0.2) is 4.98 Å². The minimum Gasteiger partial charge on any atom is -0.493 e. The van der Waals surface area contributed by atoms with Gasteiger partial charge in [-0.3, -0.25) is 10.1 Å². The first-order chi connectivity index (χ1) is 12.7. The Morgan fingerprint density at radius 1 is 1.23 bits per heavy atom. The van der Waals surface area contributed by atoms with Crippen LogP contribution in [0.2, 0.25) is 0 Å². The SMILES string of the molecule is COc1cc(-c2ncccc2[N+](=O)[O-])ccc1OCCCN1CCCC1. The van der Waals surface area contributed by atoms with Gasteiger partial charge in [0, 0.05) is 24.4 Å². The van der Waals surface area contributed by atoms with Gasteiger partial charge >= 0.3 is 0 Å². The molecule has 138 valence electrons. The number of hydrogen-bond acceptors (Lipinski definition) is 6. The van der Waals surface area contributed by atoms with Crippen LogP contribution in [0.1, 0.15) is 19.3 Å². The molecule has 26 heavy (non-hydrogen) atoms. The van der Waals surface area contributed by atoms with E-state index in [0.717, 1.165) is 13.0 Å². The van der Waals surface area contributed by atoms with Gasteiger partial charge in [0.25, 0.3) is 5.69 Å². The molecule has 1 aliphatic rings. The molecule has 1 aromatic carbocycles. The lowest BCUT2D eigenvalue weighted by Gasteiger charge is -2.15. The lowest BCUT2D eigenvalue weighted by Crippen LogP contribution is -2.21. The van der Waals surface area contributed by atoms with Crippen molar-refractivity contribution in [2.75, 3.05) is 33.4 Å². The van der Waals surface area contributed by atoms with E-state index in [2.05, 4.69) is 9.88 Å². The van der Waals surface area contributed by atoms with Gasteiger partial charge < -0.3 is 14.4 Å². The highest BCUT2D eigenvalue weighted by Crippen LogP contribution is 2.35. The van der Waals surface area contributed by atoms with Crippen LogP contribution in [0.4, 0.5) is 5.69 Å². The standard InChI is InChI=1S/C19H23N3O4/c1-25-18-14-15(19-16(22(23)24)6-4-9-20-19)7-8-17(18)26-13-5-12-21-10-2-3-11-21/h4,6-9,14H,2-3,5,10-13H2,1H3. The fourth-order valence-corrected chi connectivity index (χ4v) is 3.18. The quantitative estimate of drug-likeness (QED) is 0.409. The molecule has 1 fully saturated rings. The van der Waals surface area contributed by atoms with Gasteiger partial charge in [0.15, 0.2) is 11.5 Å². The molecule has 7 heteroatoms. The molecular weight excluding hydrogens is 334 g/mol. The van der Waals surface area contributed by atoms with Gasteiger partial charge in [0.05, 0.1) is 18.6 Å². The normalized spacial score (nSPS) is 14.3. The second kappa shape index (κ2) is 8.62. The summed E-state index contributed by atoms with van der Waals surface area (Å²) in [6.45, 7) is 4.01. The lowest BCUT2D eigenvalue weighted by molar-refractivity contribution is -0.384. The Morgan fingerprint density at radius 2 is 2.04 bits per heavy atom. The maximum atomic E-state index is 11.2. The largest absolute Gasteiger partial charge is 0.493 e. The van der Waals surface area contributed by atoms with Crippen molar-refractivity contribution in [3.05, 3.63) is 46.6 Å². The predicted octanol–water partition coefficient (Wildman–Crippen LogP) is 3.53. The third-order valence-electron chi connectivity index (χ3n) is 4.50. The smallest absolute Gasteiger partial charge is 0.295 e. The molecule has 7 nitrogen and oxygen atoms in total. The zero-order valence-corrected chi connectivity index (χ0v) is 14.9. The predicted molar refractivity (Wildman–Crippen MR) is 98.7 cm³/mol. The summed E-state index contributed by atoms with van der Waals surface area (Å²) in [6, 6.07) is 8.27. The highest BCUT2D eigenvalue weighted by molar-refractivity contribution is 5.71. The topological polar surface area (TPSA) is 77.7 Å². The molecule has 0 unspecified atom stereocenters. The first-order valence-electron chi connectivity index (χ1n) is 8.82. The second-order valence-electron chi connectivity index (χ2n) is 6.24. The van der Waals surface area contributed by atoms with Crippen LogP contribution in [0.3, 0.4) is 0 Å². The van der Waals surface area contributed by atoms with Gasteiger partial charge in [0.1, 0.15) is 5.69 Å². The monoisotopic (exact) mass is 357 g/mol. The molecule has 0 atom stereocenters. The van der Waals surface area contributed by atoms with E-state index in [9.17, 15) is 10.1 Å². The number of benzene rings is 1. The number of pyridine rings is 1. The van der Waals surface area contributed by atoms with Crippen LogP contribution in [-0.4, -0.2) is 48.2 Å². The zero-order chi connectivity index (χ0) is 18.4. The van der Waals surface area contributed by atoms with Gasteiger partial charge in [-0.1, -0.05) is 0 Å². The van der Waals surface area contributed by atoms with Crippen molar-refractivity contribution < 1.29 is 14.4 Å². The van der Waals surface area contributed by atoms with Crippen molar-refractivity contribution in [2.45, 2.75) is 19.3 Å². The van der Waals surface area contributed by atoms with Gasteiger partial charge in [-0.15, -0.1) is 0 Å². The molecule has 1 aliphatic heterocycles. The van der Waals surface area contributed by atoms with Gasteiger partial charge in [0.2, 0.25) is 0 Å². The lowest BCUT2D eigenvalue weighted by atomic mass is 10.1. The number of methoxy groups -OCH3 is 1. The van der Waals surface area contributed by atoms with E-state index in [1.54, 1.807) is 31.4 Å². The maximum Gasteiger partial charge on any atom is 0.295 e. The van der Waals surface area contributed by atoms with Crippen LogP contribution >= 0.6 is 0 Å². The van der Waals surface area contributed by atoms with E-state index in [-0.39, 0.29) is 5.69 Å². The fraction of sp³-hybridized carbons (Fsp3) is 0.421. The summed E-state index contributed by atoms with van der Waals surface area (Å²) in [4.78, 5) is 17.4. The third-order valence-corrected chi connectivity index (χ3v) is 4.50.